The van der Waals surface area contributed by atoms with E-state index in [0.717, 1.165) is 47.7 Å². The van der Waals surface area contributed by atoms with Crippen LogP contribution < -0.4 is 0 Å². The van der Waals surface area contributed by atoms with Crippen LogP contribution in [0, 0.1) is 0 Å². The van der Waals surface area contributed by atoms with Crippen LogP contribution in [0.1, 0.15) is 23.7 Å². The maximum Gasteiger partial charge on any atom is 0.240 e. The molecule has 1 aromatic heterocycles. The van der Waals surface area contributed by atoms with Crippen molar-refractivity contribution in [3.63, 3.8) is 0 Å². The van der Waals surface area contributed by atoms with Crippen molar-refractivity contribution in [2.24, 2.45) is 7.05 Å². The quantitative estimate of drug-likeness (QED) is 0.666. The molecule has 1 aliphatic heterocycles. The molecule has 0 spiro atoms. The lowest BCUT2D eigenvalue weighted by atomic mass is 10.1. The van der Waals surface area contributed by atoms with Crippen LogP contribution in [0.5, 0.6) is 0 Å². The number of amides is 1. The van der Waals surface area contributed by atoms with Crippen molar-refractivity contribution in [3.05, 3.63) is 60.2 Å². The number of carbonyl (C=O) groups is 1. The maximum absolute atomic E-state index is 13.1. The molecule has 4 nitrogen and oxygen atoms in total. The molecule has 1 fully saturated rings. The second kappa shape index (κ2) is 6.92. The zero-order valence-electron chi connectivity index (χ0n) is 14.3. The average molecular weight is 351 g/mol. The van der Waals surface area contributed by atoms with E-state index in [9.17, 15) is 4.79 Å². The van der Waals surface area contributed by atoms with E-state index < -0.39 is 0 Å². The molecule has 0 unspecified atom stereocenters. The summed E-state index contributed by atoms with van der Waals surface area (Å²) < 4.78 is 2.08. The van der Waals surface area contributed by atoms with Crippen LogP contribution >= 0.6 is 11.8 Å². The van der Waals surface area contributed by atoms with Crippen LogP contribution in [0.4, 0.5) is 0 Å². The number of para-hydroxylation sites is 2. The summed E-state index contributed by atoms with van der Waals surface area (Å²) in [4.78, 5) is 19.9. The molecule has 25 heavy (non-hydrogen) atoms. The number of imidazole rings is 1. The van der Waals surface area contributed by atoms with Crippen molar-refractivity contribution in [1.29, 1.82) is 0 Å². The summed E-state index contributed by atoms with van der Waals surface area (Å²) in [6, 6.07) is 18.1. The molecule has 3 aromatic rings. The normalized spacial score (nSPS) is 15.6. The van der Waals surface area contributed by atoms with Gasteiger partial charge in [0.05, 0.1) is 11.0 Å². The van der Waals surface area contributed by atoms with Gasteiger partial charge in [0.15, 0.2) is 5.16 Å². The van der Waals surface area contributed by atoms with Crippen LogP contribution in [0.25, 0.3) is 11.0 Å². The molecule has 2 aromatic carbocycles. The molecule has 128 valence electrons. The first-order chi connectivity index (χ1) is 12.2. The first-order valence-electron chi connectivity index (χ1n) is 8.66. The molecule has 1 atom stereocenters. The van der Waals surface area contributed by atoms with E-state index in [1.807, 2.05) is 60.5 Å². The van der Waals surface area contributed by atoms with Gasteiger partial charge >= 0.3 is 0 Å². The van der Waals surface area contributed by atoms with Crippen molar-refractivity contribution < 1.29 is 4.79 Å². The van der Waals surface area contributed by atoms with Gasteiger partial charge in [0, 0.05) is 20.1 Å². The Morgan fingerprint density at radius 1 is 1.04 bits per heavy atom. The molecule has 1 amide bonds. The van der Waals surface area contributed by atoms with Gasteiger partial charge in [0.2, 0.25) is 5.91 Å². The van der Waals surface area contributed by atoms with Crippen LogP contribution in [0.3, 0.4) is 0 Å². The van der Waals surface area contributed by atoms with Gasteiger partial charge in [0.1, 0.15) is 5.25 Å². The van der Waals surface area contributed by atoms with Gasteiger partial charge in [0.25, 0.3) is 0 Å². The summed E-state index contributed by atoms with van der Waals surface area (Å²) in [5.41, 5.74) is 3.09. The third-order valence-electron chi connectivity index (χ3n) is 4.71. The highest BCUT2D eigenvalue weighted by Gasteiger charge is 2.30. The molecule has 0 bridgehead atoms. The van der Waals surface area contributed by atoms with Crippen LogP contribution in [-0.2, 0) is 11.8 Å². The highest BCUT2D eigenvalue weighted by molar-refractivity contribution is 8.00. The van der Waals surface area contributed by atoms with Crippen molar-refractivity contribution in [2.45, 2.75) is 23.2 Å². The molecule has 0 aliphatic carbocycles. The van der Waals surface area contributed by atoms with E-state index in [4.69, 9.17) is 4.98 Å². The van der Waals surface area contributed by atoms with Gasteiger partial charge in [-0.15, -0.1) is 0 Å². The van der Waals surface area contributed by atoms with Gasteiger partial charge < -0.3 is 9.47 Å². The number of fused-ring (bicyclic) bond motifs is 1. The first kappa shape index (κ1) is 16.2. The summed E-state index contributed by atoms with van der Waals surface area (Å²) in [6.45, 7) is 1.73. The second-order valence-electron chi connectivity index (χ2n) is 6.38. The third kappa shape index (κ3) is 3.16. The number of benzene rings is 2. The molecule has 0 radical (unpaired) electrons. The Labute approximate surface area is 151 Å². The number of aromatic nitrogens is 2. The van der Waals surface area contributed by atoms with Crippen LogP contribution in [0.2, 0.25) is 0 Å². The number of likely N-dealkylation sites (tertiary alicyclic amines) is 1. The highest BCUT2D eigenvalue weighted by Crippen LogP contribution is 2.37. The number of carbonyl (C=O) groups excluding carboxylic acids is 1. The molecular formula is C20H21N3OS. The first-order valence-corrected chi connectivity index (χ1v) is 9.54. The summed E-state index contributed by atoms with van der Waals surface area (Å²) in [5.74, 6) is 0.195. The minimum absolute atomic E-state index is 0.195. The van der Waals surface area contributed by atoms with E-state index in [1.165, 1.54) is 0 Å². The largest absolute Gasteiger partial charge is 0.341 e. The third-order valence-corrected chi connectivity index (χ3v) is 6.00. The molecule has 2 heterocycles. The predicted molar refractivity (Wildman–Crippen MR) is 102 cm³/mol. The van der Waals surface area contributed by atoms with Gasteiger partial charge in [-0.3, -0.25) is 4.79 Å². The number of nitrogens with zero attached hydrogens (tertiary/aromatic N) is 3. The average Bonchev–Trinajstić information content (AvgIpc) is 3.29. The highest BCUT2D eigenvalue weighted by atomic mass is 32.2. The molecule has 1 saturated heterocycles. The van der Waals surface area contributed by atoms with E-state index >= 15 is 0 Å². The standard InChI is InChI=1S/C20H21N3OS/c1-22-17-12-6-5-11-16(17)21-20(22)25-18(15-9-3-2-4-10-15)19(24)23-13-7-8-14-23/h2-6,9-12,18H,7-8,13-14H2,1H3/t18-/m0/s1. The Hall–Kier alpha value is -2.27. The Bertz CT molecular complexity index is 884. The molecule has 4 rings (SSSR count). The number of hydrogen-bond acceptors (Lipinski definition) is 3. The summed E-state index contributed by atoms with van der Waals surface area (Å²) in [6.07, 6.45) is 2.20. The number of hydrogen-bond donors (Lipinski definition) is 0. The van der Waals surface area contributed by atoms with Crippen molar-refractivity contribution in [1.82, 2.24) is 14.5 Å². The Kier molecular flexibility index (Phi) is 4.49. The van der Waals surface area contributed by atoms with Gasteiger partial charge in [-0.25, -0.2) is 4.98 Å². The van der Waals surface area contributed by atoms with E-state index in [0.29, 0.717) is 0 Å². The molecule has 0 saturated carbocycles. The second-order valence-corrected chi connectivity index (χ2v) is 7.46. The zero-order valence-corrected chi connectivity index (χ0v) is 15.1. The SMILES string of the molecule is Cn1c(S[C@H](C(=O)N2CCCC2)c2ccccc2)nc2ccccc21. The molecular weight excluding hydrogens is 330 g/mol. The van der Waals surface area contributed by atoms with Crippen molar-refractivity contribution in [3.8, 4) is 0 Å². The summed E-state index contributed by atoms with van der Waals surface area (Å²) >= 11 is 1.55. The predicted octanol–water partition coefficient (Wildman–Crippen LogP) is 4.03. The molecule has 5 heteroatoms. The Balaban J connectivity index is 1.70. The minimum Gasteiger partial charge on any atom is -0.341 e. The fraction of sp³-hybridized carbons (Fsp3) is 0.300. The fourth-order valence-corrected chi connectivity index (χ4v) is 4.49. The Morgan fingerprint density at radius 3 is 2.44 bits per heavy atom. The summed E-state index contributed by atoms with van der Waals surface area (Å²) in [5, 5.41) is 0.623. The van der Waals surface area contributed by atoms with Crippen LogP contribution in [0.15, 0.2) is 59.8 Å². The maximum atomic E-state index is 13.1. The Morgan fingerprint density at radius 2 is 1.72 bits per heavy atom. The zero-order chi connectivity index (χ0) is 17.2. The smallest absolute Gasteiger partial charge is 0.240 e. The van der Waals surface area contributed by atoms with Gasteiger partial charge in [-0.2, -0.15) is 0 Å². The number of rotatable bonds is 4. The van der Waals surface area contributed by atoms with Crippen molar-refractivity contribution in [2.75, 3.05) is 13.1 Å². The minimum atomic E-state index is -0.255. The van der Waals surface area contributed by atoms with E-state index in [2.05, 4.69) is 10.6 Å². The van der Waals surface area contributed by atoms with Crippen molar-refractivity contribution >= 4 is 28.7 Å². The van der Waals surface area contributed by atoms with Crippen LogP contribution in [-0.4, -0.2) is 33.4 Å². The topological polar surface area (TPSA) is 38.1 Å². The van der Waals surface area contributed by atoms with E-state index in [1.54, 1.807) is 11.8 Å². The van der Waals surface area contributed by atoms with Gasteiger partial charge in [-0.05, 0) is 30.5 Å². The lowest BCUT2D eigenvalue weighted by Gasteiger charge is -2.23. The molecule has 0 N–H and O–H groups in total. The van der Waals surface area contributed by atoms with E-state index in [-0.39, 0.29) is 11.2 Å². The fourth-order valence-electron chi connectivity index (χ4n) is 3.33. The summed E-state index contributed by atoms with van der Waals surface area (Å²) in [7, 11) is 2.01. The monoisotopic (exact) mass is 351 g/mol. The lowest BCUT2D eigenvalue weighted by molar-refractivity contribution is -0.129. The number of aryl methyl sites for hydroxylation is 1. The lowest BCUT2D eigenvalue weighted by Crippen LogP contribution is -2.31. The van der Waals surface area contributed by atoms with Gasteiger partial charge in [-0.1, -0.05) is 54.2 Å². The number of thioether (sulfide) groups is 1. The molecule has 1 aliphatic rings.